The van der Waals surface area contributed by atoms with Crippen molar-refractivity contribution in [1.29, 1.82) is 0 Å². The monoisotopic (exact) mass is 432 g/mol. The number of ether oxygens (including phenoxy) is 1. The molecule has 0 amide bonds. The average Bonchev–Trinajstić information content (AvgIpc) is 3.02. The first-order valence-corrected chi connectivity index (χ1v) is 11.0. The van der Waals surface area contributed by atoms with E-state index in [2.05, 4.69) is 0 Å². The van der Waals surface area contributed by atoms with Crippen molar-refractivity contribution in [3.05, 3.63) is 23.3 Å². The Bertz CT molecular complexity index is 917. The lowest BCUT2D eigenvalue weighted by atomic mass is 9.47. The van der Waals surface area contributed by atoms with Crippen molar-refractivity contribution >= 4 is 23.3 Å². The first kappa shape index (κ1) is 22.1. The van der Waals surface area contributed by atoms with Crippen molar-refractivity contribution in [2.24, 2.45) is 34.5 Å². The van der Waals surface area contributed by atoms with Gasteiger partial charge in [-0.05, 0) is 48.2 Å². The maximum atomic E-state index is 14.3. The number of allylic oxidation sites excluding steroid dienone is 2. The minimum absolute atomic E-state index is 0.0160. The number of esters is 1. The van der Waals surface area contributed by atoms with Crippen LogP contribution in [0.4, 0.5) is 4.39 Å². The highest BCUT2D eigenvalue weighted by atomic mass is 19.1. The Morgan fingerprint density at radius 2 is 2.00 bits per heavy atom. The van der Waals surface area contributed by atoms with Gasteiger partial charge >= 0.3 is 5.97 Å². The summed E-state index contributed by atoms with van der Waals surface area (Å²) in [7, 11) is 0. The number of hydrogen-bond acceptors (Lipinski definition) is 6. The maximum absolute atomic E-state index is 14.3. The van der Waals surface area contributed by atoms with Gasteiger partial charge in [0.1, 0.15) is 12.4 Å². The van der Waals surface area contributed by atoms with Crippen molar-refractivity contribution in [2.75, 3.05) is 6.61 Å². The molecule has 0 aliphatic heterocycles. The topological polar surface area (TPSA) is 97.7 Å². The molecule has 1 unspecified atom stereocenters. The van der Waals surface area contributed by atoms with E-state index in [0.29, 0.717) is 24.8 Å². The van der Waals surface area contributed by atoms with Crippen LogP contribution in [0.15, 0.2) is 23.3 Å². The Morgan fingerprint density at radius 3 is 2.65 bits per heavy atom. The molecule has 0 spiro atoms. The molecule has 6 nitrogen and oxygen atoms in total. The molecule has 168 valence electrons. The molecule has 7 atom stereocenters. The van der Waals surface area contributed by atoms with Gasteiger partial charge in [0.2, 0.25) is 6.36 Å². The molecule has 0 aromatic rings. The summed E-state index contributed by atoms with van der Waals surface area (Å²) >= 11 is 0. The quantitative estimate of drug-likeness (QED) is 0.686. The molecule has 0 bridgehead atoms. The minimum Gasteiger partial charge on any atom is -0.458 e. The number of fused-ring (bicyclic) bond motifs is 5. The van der Waals surface area contributed by atoms with Gasteiger partial charge in [-0.2, -0.15) is 0 Å². The van der Waals surface area contributed by atoms with Gasteiger partial charge in [0, 0.05) is 42.6 Å². The molecular weight excluding hydrogens is 403 g/mol. The molecule has 7 heteroatoms. The Balaban J connectivity index is 1.75. The van der Waals surface area contributed by atoms with Crippen LogP contribution in [-0.4, -0.2) is 41.4 Å². The molecular formula is C24H29FO6. The van der Waals surface area contributed by atoms with Gasteiger partial charge in [-0.15, -0.1) is 0 Å². The second-order valence-electron chi connectivity index (χ2n) is 10.1. The summed E-state index contributed by atoms with van der Waals surface area (Å²) in [5.74, 6) is -1.98. The van der Waals surface area contributed by atoms with Crippen LogP contribution in [-0.2, 0) is 23.9 Å². The lowest BCUT2D eigenvalue weighted by Gasteiger charge is -2.55. The third-order valence-corrected chi connectivity index (χ3v) is 8.40. The molecule has 31 heavy (non-hydrogen) atoms. The zero-order valence-corrected chi connectivity index (χ0v) is 18.2. The number of carbonyl (C=O) groups excluding carboxylic acids is 4. The van der Waals surface area contributed by atoms with Gasteiger partial charge in [0.25, 0.3) is 0 Å². The van der Waals surface area contributed by atoms with Crippen molar-refractivity contribution in [3.8, 4) is 0 Å². The molecule has 0 heterocycles. The summed E-state index contributed by atoms with van der Waals surface area (Å²) in [5, 5.41) is 9.87. The first-order chi connectivity index (χ1) is 14.5. The van der Waals surface area contributed by atoms with Gasteiger partial charge in [0.15, 0.2) is 11.6 Å². The van der Waals surface area contributed by atoms with E-state index in [9.17, 15) is 28.7 Å². The van der Waals surface area contributed by atoms with E-state index in [1.54, 1.807) is 6.08 Å². The van der Waals surface area contributed by atoms with E-state index in [1.165, 1.54) is 13.0 Å². The number of rotatable bonds is 4. The standard InChI is InChI=1S/C24H29FO6/c1-12(26)31-11-20(29)17-5-4-16-14-9-15(22(25)30)18-8-13(27)6-7-23(18,2)21(14)19(28)10-24(16,17)3/h8-9,14,16-17,21-22,30H,4-7,10-11H2,1-3H3/t14-,16-,17+,21+,22?,23-,24-/m0/s1. The number of halogens is 1. The van der Waals surface area contributed by atoms with Crippen molar-refractivity contribution in [3.63, 3.8) is 0 Å². The Morgan fingerprint density at radius 1 is 1.29 bits per heavy atom. The maximum Gasteiger partial charge on any atom is 0.303 e. The largest absolute Gasteiger partial charge is 0.458 e. The molecule has 0 radical (unpaired) electrons. The molecule has 4 aliphatic carbocycles. The van der Waals surface area contributed by atoms with Crippen LogP contribution in [0.25, 0.3) is 0 Å². The number of aliphatic hydroxyl groups excluding tert-OH is 1. The summed E-state index contributed by atoms with van der Waals surface area (Å²) < 4.78 is 19.2. The van der Waals surface area contributed by atoms with E-state index in [1.807, 2.05) is 13.8 Å². The van der Waals surface area contributed by atoms with Crippen LogP contribution in [0.2, 0.25) is 0 Å². The smallest absolute Gasteiger partial charge is 0.303 e. The second kappa shape index (κ2) is 7.47. The second-order valence-corrected chi connectivity index (χ2v) is 10.1. The molecule has 4 rings (SSSR count). The molecule has 2 fully saturated rings. The minimum atomic E-state index is -2.23. The summed E-state index contributed by atoms with van der Waals surface area (Å²) in [5.41, 5.74) is -0.796. The van der Waals surface area contributed by atoms with E-state index in [-0.39, 0.29) is 54.2 Å². The first-order valence-electron chi connectivity index (χ1n) is 11.0. The highest BCUT2D eigenvalue weighted by molar-refractivity contribution is 5.95. The van der Waals surface area contributed by atoms with Gasteiger partial charge in [0.05, 0.1) is 0 Å². The van der Waals surface area contributed by atoms with Crippen molar-refractivity contribution < 1.29 is 33.4 Å². The molecule has 0 aromatic heterocycles. The molecule has 1 N–H and O–H groups in total. The van der Waals surface area contributed by atoms with E-state index in [0.717, 1.165) is 0 Å². The number of Topliss-reactive ketones (excluding diaryl/α,β-unsaturated/α-hetero) is 2. The molecule has 2 saturated carbocycles. The van der Waals surface area contributed by atoms with Gasteiger partial charge in [-0.3, -0.25) is 19.2 Å². The fourth-order valence-electron chi connectivity index (χ4n) is 7.03. The summed E-state index contributed by atoms with van der Waals surface area (Å²) in [6.07, 6.45) is 3.05. The zero-order chi connectivity index (χ0) is 22.7. The summed E-state index contributed by atoms with van der Waals surface area (Å²) in [6.45, 7) is 4.78. The fraction of sp³-hybridized carbons (Fsp3) is 0.667. The normalized spacial score (nSPS) is 40.2. The number of hydrogen-bond donors (Lipinski definition) is 1. The van der Waals surface area contributed by atoms with Crippen molar-refractivity contribution in [1.82, 2.24) is 0 Å². The summed E-state index contributed by atoms with van der Waals surface area (Å²) in [6, 6.07) is 0. The number of carbonyl (C=O) groups is 4. The highest BCUT2D eigenvalue weighted by Gasteiger charge is 2.63. The van der Waals surface area contributed by atoms with Crippen LogP contribution >= 0.6 is 0 Å². The third-order valence-electron chi connectivity index (χ3n) is 8.40. The van der Waals surface area contributed by atoms with E-state index in [4.69, 9.17) is 4.74 Å². The zero-order valence-electron chi connectivity index (χ0n) is 18.2. The molecule has 0 saturated heterocycles. The Hall–Kier alpha value is -2.15. The predicted octanol–water partition coefficient (Wildman–Crippen LogP) is 2.88. The number of alkyl halides is 1. The van der Waals surface area contributed by atoms with Crippen LogP contribution in [0, 0.1) is 34.5 Å². The van der Waals surface area contributed by atoms with Gasteiger partial charge in [-0.1, -0.05) is 19.9 Å². The van der Waals surface area contributed by atoms with E-state index >= 15 is 0 Å². The van der Waals surface area contributed by atoms with Crippen LogP contribution in [0.5, 0.6) is 0 Å². The summed E-state index contributed by atoms with van der Waals surface area (Å²) in [4.78, 5) is 49.6. The SMILES string of the molecule is CC(=O)OCC(=O)[C@H]1CC[C@H]2[C@@H]3C=C(C(O)F)C4=CC(=O)CC[C@]4(C)[C@H]3C(=O)C[C@]12C. The molecule has 4 aliphatic rings. The van der Waals surface area contributed by atoms with E-state index < -0.39 is 35.0 Å². The third kappa shape index (κ3) is 3.32. The van der Waals surface area contributed by atoms with Crippen LogP contribution in [0.3, 0.4) is 0 Å². The average molecular weight is 432 g/mol. The van der Waals surface area contributed by atoms with Crippen LogP contribution in [0.1, 0.15) is 52.9 Å². The van der Waals surface area contributed by atoms with Gasteiger partial charge in [-0.25, -0.2) is 4.39 Å². The fourth-order valence-corrected chi connectivity index (χ4v) is 7.03. The number of aliphatic hydroxyl groups is 1. The lowest BCUT2D eigenvalue weighted by molar-refractivity contribution is -0.151. The van der Waals surface area contributed by atoms with Gasteiger partial charge < -0.3 is 9.84 Å². The highest BCUT2D eigenvalue weighted by Crippen LogP contribution is 2.65. The lowest BCUT2D eigenvalue weighted by Crippen LogP contribution is -2.55. The molecule has 0 aromatic carbocycles. The Kier molecular flexibility index (Phi) is 5.31. The van der Waals surface area contributed by atoms with Crippen molar-refractivity contribution in [2.45, 2.75) is 59.2 Å². The predicted molar refractivity (Wildman–Crippen MR) is 108 cm³/mol. The Labute approximate surface area is 180 Å². The number of ketones is 3. The van der Waals surface area contributed by atoms with Crippen LogP contribution < -0.4 is 0 Å².